The lowest BCUT2D eigenvalue weighted by Gasteiger charge is -2.58. The molecule has 4 rings (SSSR count). The Kier molecular flexibility index (Phi) is 13.3. The zero-order valence-corrected chi connectivity index (χ0v) is 44.4. The van der Waals surface area contributed by atoms with Gasteiger partial charge in [-0.1, -0.05) is 214 Å². The van der Waals surface area contributed by atoms with Gasteiger partial charge in [-0.2, -0.15) is 0 Å². The molecule has 0 amide bonds. The average molecular weight is 849 g/mol. The zero-order chi connectivity index (χ0) is 48.0. The van der Waals surface area contributed by atoms with E-state index in [1.165, 1.54) is 22.3 Å². The summed E-state index contributed by atoms with van der Waals surface area (Å²) >= 11 is 0. The third-order valence-electron chi connectivity index (χ3n) is 14.6. The normalized spacial score (nSPS) is 20.1. The highest BCUT2D eigenvalue weighted by Gasteiger charge is 2.54. The Labute approximate surface area is 381 Å². The minimum absolute atomic E-state index is 0.102. The van der Waals surface area contributed by atoms with Crippen molar-refractivity contribution in [3.63, 3.8) is 0 Å². The van der Waals surface area contributed by atoms with Crippen LogP contribution in [0.3, 0.4) is 0 Å². The van der Waals surface area contributed by atoms with E-state index in [9.17, 15) is 15.3 Å². The summed E-state index contributed by atoms with van der Waals surface area (Å²) in [6.07, 6.45) is 7.15. The number of benzene rings is 3. The third kappa shape index (κ3) is 10.7. The van der Waals surface area contributed by atoms with Gasteiger partial charge in [0.25, 0.3) is 0 Å². The van der Waals surface area contributed by atoms with Crippen LogP contribution in [0.1, 0.15) is 229 Å². The molecule has 0 saturated carbocycles. The van der Waals surface area contributed by atoms with E-state index < -0.39 is 0 Å². The fourth-order valence-corrected chi connectivity index (χ4v) is 10.3. The Morgan fingerprint density at radius 3 is 0.919 bits per heavy atom. The van der Waals surface area contributed by atoms with E-state index >= 15 is 0 Å². The molecule has 3 heteroatoms. The van der Waals surface area contributed by atoms with Crippen LogP contribution in [0, 0.1) is 21.7 Å². The fraction of sp³-hybridized carbons (Fsp3) is 0.661. The second-order valence-electron chi connectivity index (χ2n) is 28.2. The molecule has 0 radical (unpaired) electrons. The number of phenols is 3. The van der Waals surface area contributed by atoms with Gasteiger partial charge < -0.3 is 15.3 Å². The second kappa shape index (κ2) is 16.0. The molecule has 0 aromatic heterocycles. The first-order valence-electron chi connectivity index (χ1n) is 23.7. The topological polar surface area (TPSA) is 60.7 Å². The van der Waals surface area contributed by atoms with Gasteiger partial charge in [0, 0.05) is 0 Å². The van der Waals surface area contributed by atoms with Crippen molar-refractivity contribution in [2.75, 3.05) is 0 Å². The largest absolute Gasteiger partial charge is 0.507 e. The van der Waals surface area contributed by atoms with Crippen LogP contribution in [0.5, 0.6) is 17.2 Å². The number of hydrogen-bond acceptors (Lipinski definition) is 3. The van der Waals surface area contributed by atoms with E-state index in [2.05, 4.69) is 209 Å². The van der Waals surface area contributed by atoms with Crippen LogP contribution in [-0.2, 0) is 51.8 Å². The first-order chi connectivity index (χ1) is 27.4. The molecule has 0 spiro atoms. The van der Waals surface area contributed by atoms with Gasteiger partial charge in [0.2, 0.25) is 0 Å². The van der Waals surface area contributed by atoms with Crippen LogP contribution in [0.15, 0.2) is 48.0 Å². The maximum atomic E-state index is 11.9. The summed E-state index contributed by atoms with van der Waals surface area (Å²) in [5, 5.41) is 35.6. The third-order valence-corrected chi connectivity index (χ3v) is 14.6. The average Bonchev–Trinajstić information content (AvgIpc) is 3.02. The van der Waals surface area contributed by atoms with Gasteiger partial charge in [0.1, 0.15) is 17.2 Å². The molecule has 1 aliphatic carbocycles. The summed E-state index contributed by atoms with van der Waals surface area (Å²) in [6, 6.07) is 13.9. The molecular weight excluding hydrogens is 757 g/mol. The molecule has 0 saturated heterocycles. The van der Waals surface area contributed by atoms with Crippen LogP contribution in [0.4, 0.5) is 0 Å². The van der Waals surface area contributed by atoms with Crippen molar-refractivity contribution in [2.45, 2.75) is 231 Å². The van der Waals surface area contributed by atoms with Crippen molar-refractivity contribution in [2.24, 2.45) is 21.7 Å². The highest BCUT2D eigenvalue weighted by molar-refractivity contribution is 5.53. The summed E-state index contributed by atoms with van der Waals surface area (Å²) < 4.78 is 0. The van der Waals surface area contributed by atoms with Crippen molar-refractivity contribution in [3.8, 4) is 17.2 Å². The summed E-state index contributed by atoms with van der Waals surface area (Å²) in [7, 11) is 0. The van der Waals surface area contributed by atoms with Crippen LogP contribution in [0.25, 0.3) is 0 Å². The molecule has 3 nitrogen and oxygen atoms in total. The van der Waals surface area contributed by atoms with Crippen LogP contribution in [-0.4, -0.2) is 15.3 Å². The SMILES string of the molecule is CC(C)(C)c1cc(CC2=CC(Cc3cc(C(C)(C)C)c(O)c(C(C)(C)C)c3)(C(C)(C)C)CC(Cc3cc(C(C)(C)C)c(O)c(C(C)(C)C)c3)(C(C)(C)C)C2)cc(C(C)(C)C)c1O. The molecule has 0 aliphatic heterocycles. The maximum absolute atomic E-state index is 11.9. The zero-order valence-electron chi connectivity index (χ0n) is 44.4. The van der Waals surface area contributed by atoms with Crippen molar-refractivity contribution >= 4 is 0 Å². The van der Waals surface area contributed by atoms with Gasteiger partial charge in [0.05, 0.1) is 0 Å². The van der Waals surface area contributed by atoms with Gasteiger partial charge in [-0.25, -0.2) is 0 Å². The number of allylic oxidation sites excluding steroid dienone is 2. The summed E-state index contributed by atoms with van der Waals surface area (Å²) in [4.78, 5) is 0. The Morgan fingerprint density at radius 1 is 0.387 bits per heavy atom. The molecule has 3 aromatic carbocycles. The van der Waals surface area contributed by atoms with E-state index in [0.29, 0.717) is 17.2 Å². The Bertz CT molecular complexity index is 2050. The van der Waals surface area contributed by atoms with Crippen molar-refractivity contribution in [3.05, 3.63) is 98.1 Å². The van der Waals surface area contributed by atoms with Gasteiger partial charge in [-0.15, -0.1) is 0 Å². The summed E-state index contributed by atoms with van der Waals surface area (Å²) in [6.45, 7) is 54.6. The molecule has 3 aromatic rings. The molecule has 3 N–H and O–H groups in total. The van der Waals surface area contributed by atoms with E-state index in [-0.39, 0.29) is 54.1 Å². The lowest BCUT2D eigenvalue weighted by molar-refractivity contribution is -0.0206. The van der Waals surface area contributed by atoms with Crippen LogP contribution in [0.2, 0.25) is 0 Å². The first kappa shape index (κ1) is 51.4. The highest BCUT2D eigenvalue weighted by Crippen LogP contribution is 2.63. The van der Waals surface area contributed by atoms with Crippen molar-refractivity contribution in [1.82, 2.24) is 0 Å². The lowest BCUT2D eigenvalue weighted by Crippen LogP contribution is -2.50. The van der Waals surface area contributed by atoms with E-state index in [1.54, 1.807) is 0 Å². The molecule has 346 valence electrons. The van der Waals surface area contributed by atoms with Crippen LogP contribution >= 0.6 is 0 Å². The minimum Gasteiger partial charge on any atom is -0.507 e. The fourth-order valence-electron chi connectivity index (χ4n) is 10.3. The van der Waals surface area contributed by atoms with Gasteiger partial charge in [-0.05, 0) is 136 Å². The maximum Gasteiger partial charge on any atom is 0.123 e. The van der Waals surface area contributed by atoms with Crippen molar-refractivity contribution in [1.29, 1.82) is 0 Å². The number of phenolic OH excluding ortho intramolecular Hbond substituents is 3. The first-order valence-corrected chi connectivity index (χ1v) is 23.7. The number of rotatable bonds is 6. The highest BCUT2D eigenvalue weighted by atomic mass is 16.3. The minimum atomic E-state index is -0.261. The Morgan fingerprint density at radius 2 is 0.661 bits per heavy atom. The van der Waals surface area contributed by atoms with Gasteiger partial charge in [-0.3, -0.25) is 0 Å². The van der Waals surface area contributed by atoms with E-state index in [1.807, 2.05) is 0 Å². The van der Waals surface area contributed by atoms with E-state index in [4.69, 9.17) is 0 Å². The molecule has 62 heavy (non-hydrogen) atoms. The number of hydrogen-bond donors (Lipinski definition) is 3. The molecule has 0 bridgehead atoms. The molecule has 2 unspecified atom stereocenters. The van der Waals surface area contributed by atoms with Gasteiger partial charge in [0.15, 0.2) is 0 Å². The molecule has 2 atom stereocenters. The molecule has 0 heterocycles. The molecular formula is C59H92O3. The van der Waals surface area contributed by atoms with Gasteiger partial charge >= 0.3 is 0 Å². The standard InChI is InChI=1S/C59H92O3/c1-50(2,3)41-26-37(27-42(47(41)60)51(4,5)6)25-40-34-58(56(19,20)21,32-38-28-43(52(7,8)9)48(61)44(29-38)53(10,11)12)36-59(35-40,57(22,23)24)33-39-30-45(54(13,14)15)49(62)46(31-39)55(16,17)18/h26-31,34,60-62H,25,32-33,35-36H2,1-24H3. The monoisotopic (exact) mass is 849 g/mol. The Hall–Kier alpha value is -3.20. The predicted molar refractivity (Wildman–Crippen MR) is 269 cm³/mol. The number of aromatic hydroxyl groups is 3. The quantitative estimate of drug-likeness (QED) is 0.217. The second-order valence-corrected chi connectivity index (χ2v) is 28.2. The van der Waals surface area contributed by atoms with Crippen LogP contribution < -0.4 is 0 Å². The predicted octanol–water partition coefficient (Wildman–Crippen LogP) is 16.4. The summed E-state index contributed by atoms with van der Waals surface area (Å²) in [5.74, 6) is 1.28. The summed E-state index contributed by atoms with van der Waals surface area (Å²) in [5.41, 5.74) is 9.25. The Balaban J connectivity index is 2.16. The van der Waals surface area contributed by atoms with Crippen molar-refractivity contribution < 1.29 is 15.3 Å². The van der Waals surface area contributed by atoms with E-state index in [0.717, 1.165) is 65.5 Å². The lowest BCUT2D eigenvalue weighted by atomic mass is 9.46. The molecule has 1 aliphatic rings. The molecule has 0 fully saturated rings. The smallest absolute Gasteiger partial charge is 0.123 e.